The van der Waals surface area contributed by atoms with E-state index in [1.165, 1.54) is 12.0 Å². The quantitative estimate of drug-likeness (QED) is 0.712. The van der Waals surface area contributed by atoms with Gasteiger partial charge in [0, 0.05) is 26.6 Å². The van der Waals surface area contributed by atoms with Crippen molar-refractivity contribution in [1.29, 1.82) is 0 Å². The average molecular weight is 401 g/mol. The van der Waals surface area contributed by atoms with Crippen LogP contribution in [0.15, 0.2) is 34.2 Å². The van der Waals surface area contributed by atoms with Gasteiger partial charge in [0.1, 0.15) is 16.5 Å². The van der Waals surface area contributed by atoms with Gasteiger partial charge >= 0.3 is 6.03 Å². The number of sulfone groups is 1. The minimum atomic E-state index is -4.59. The summed E-state index contributed by atoms with van der Waals surface area (Å²) in [7, 11) is -3.14. The van der Waals surface area contributed by atoms with Crippen LogP contribution in [0.3, 0.4) is 0 Å². The molecule has 1 aromatic heterocycles. The zero-order valence-corrected chi connectivity index (χ0v) is 16.1. The number of carbonyl (C=O) groups excluding carboxylic acids is 1. The molecule has 0 unspecified atom stereocenters. The lowest BCUT2D eigenvalue weighted by Crippen LogP contribution is -2.36. The van der Waals surface area contributed by atoms with Gasteiger partial charge in [0.25, 0.3) is 0 Å². The molecule has 1 amide bonds. The Morgan fingerprint density at radius 3 is 2.33 bits per heavy atom. The first-order valence-corrected chi connectivity index (χ1v) is 9.82. The zero-order chi connectivity index (χ0) is 20.2. The van der Waals surface area contributed by atoms with Crippen LogP contribution in [0.5, 0.6) is 0 Å². The number of hydrogen-bond donors (Lipinski definition) is 0. The van der Waals surface area contributed by atoms with Gasteiger partial charge in [-0.3, -0.25) is 0 Å². The number of ether oxygens (including phenoxy) is 1. The number of aromatic nitrogens is 2. The molecule has 7 nitrogen and oxygen atoms in total. The van der Waals surface area contributed by atoms with Crippen molar-refractivity contribution in [2.24, 2.45) is 0 Å². The van der Waals surface area contributed by atoms with Gasteiger partial charge < -0.3 is 9.64 Å². The summed E-state index contributed by atoms with van der Waals surface area (Å²) in [5, 5.41) is 3.26. The number of hydrogen-bond acceptors (Lipinski definition) is 5. The van der Waals surface area contributed by atoms with Crippen LogP contribution in [-0.4, -0.2) is 55.9 Å². The molecule has 2 rings (SSSR count). The first-order chi connectivity index (χ1) is 12.8. The molecule has 27 heavy (non-hydrogen) atoms. The van der Waals surface area contributed by atoms with Crippen molar-refractivity contribution in [3.8, 4) is 0 Å². The first-order valence-electron chi connectivity index (χ1n) is 8.34. The molecule has 2 aromatic rings. The second-order valence-corrected chi connectivity index (χ2v) is 7.47. The normalized spacial score (nSPS) is 11.6. The van der Waals surface area contributed by atoms with Crippen LogP contribution < -0.4 is 0 Å². The van der Waals surface area contributed by atoms with Gasteiger partial charge in [0.2, 0.25) is 9.84 Å². The molecule has 0 atom stereocenters. The van der Waals surface area contributed by atoms with Crippen LogP contribution in [0.1, 0.15) is 19.5 Å². The number of rotatable bonds is 7. The molecule has 0 aliphatic carbocycles. The Kier molecular flexibility index (Phi) is 6.66. The summed E-state index contributed by atoms with van der Waals surface area (Å²) in [6.45, 7) is 4.54. The Bertz CT molecular complexity index is 904. The highest BCUT2D eigenvalue weighted by molar-refractivity contribution is 7.91. The van der Waals surface area contributed by atoms with Crippen molar-refractivity contribution in [1.82, 2.24) is 14.7 Å². The number of carbonyl (C=O) groups is 1. The summed E-state index contributed by atoms with van der Waals surface area (Å²) in [4.78, 5) is 13.0. The van der Waals surface area contributed by atoms with Gasteiger partial charge in [-0.1, -0.05) is 6.07 Å². The molecule has 0 saturated heterocycles. The molecule has 148 valence electrons. The summed E-state index contributed by atoms with van der Waals surface area (Å²) < 4.78 is 59.4. The summed E-state index contributed by atoms with van der Waals surface area (Å²) >= 11 is 0. The highest BCUT2D eigenvalue weighted by Crippen LogP contribution is 2.26. The van der Waals surface area contributed by atoms with E-state index in [4.69, 9.17) is 4.74 Å². The lowest BCUT2D eigenvalue weighted by molar-refractivity contribution is 0.192. The third-order valence-electron chi connectivity index (χ3n) is 4.00. The summed E-state index contributed by atoms with van der Waals surface area (Å²) in [6, 6.07) is 3.37. The Morgan fingerprint density at radius 2 is 1.81 bits per heavy atom. The Hall–Kier alpha value is -2.33. The molecule has 0 saturated carbocycles. The zero-order valence-electron chi connectivity index (χ0n) is 15.3. The van der Waals surface area contributed by atoms with Gasteiger partial charge in [-0.25, -0.2) is 22.0 Å². The lowest BCUT2D eigenvalue weighted by Gasteiger charge is -2.19. The van der Waals surface area contributed by atoms with Crippen LogP contribution >= 0.6 is 0 Å². The van der Waals surface area contributed by atoms with Crippen molar-refractivity contribution < 1.29 is 26.7 Å². The number of nitrogens with zero attached hydrogens (tertiary/aromatic N) is 3. The molecule has 0 aliphatic heterocycles. The highest BCUT2D eigenvalue weighted by Gasteiger charge is 2.31. The average Bonchev–Trinajstić information content (AvgIpc) is 3.05. The second kappa shape index (κ2) is 8.57. The van der Waals surface area contributed by atoms with Crippen molar-refractivity contribution in [2.75, 3.05) is 26.8 Å². The summed E-state index contributed by atoms with van der Waals surface area (Å²) in [6.07, 6.45) is 0.200. The summed E-state index contributed by atoms with van der Waals surface area (Å²) in [5.74, 6) is -2.45. The number of benzene rings is 1. The smallest absolute Gasteiger partial charge is 0.344 e. The van der Waals surface area contributed by atoms with Crippen LogP contribution in [0.25, 0.3) is 0 Å². The fraction of sp³-hybridized carbons (Fsp3) is 0.412. The monoisotopic (exact) mass is 401 g/mol. The fourth-order valence-corrected chi connectivity index (χ4v) is 3.89. The Morgan fingerprint density at radius 1 is 1.22 bits per heavy atom. The molecular formula is C17H21F2N3O4S. The first kappa shape index (κ1) is 21.0. The van der Waals surface area contributed by atoms with Crippen LogP contribution in [0.2, 0.25) is 0 Å². The number of amides is 1. The van der Waals surface area contributed by atoms with E-state index in [0.29, 0.717) is 13.1 Å². The van der Waals surface area contributed by atoms with E-state index < -0.39 is 37.4 Å². The Labute approximate surface area is 156 Å². The van der Waals surface area contributed by atoms with Crippen molar-refractivity contribution in [3.05, 3.63) is 41.6 Å². The standard InChI is InChI=1S/C17H21F2N3O4S/c1-4-21(5-2)17(23)22-12(9-10-26-3)11-15(20-22)27(24,25)16-13(18)7-6-8-14(16)19/h6-8,11H,4-5,9-10H2,1-3H3. The minimum Gasteiger partial charge on any atom is -0.384 e. The van der Waals surface area contributed by atoms with Gasteiger partial charge in [-0.15, -0.1) is 0 Å². The summed E-state index contributed by atoms with van der Waals surface area (Å²) in [5.41, 5.74) is 0.268. The number of methoxy groups -OCH3 is 1. The molecular weight excluding hydrogens is 380 g/mol. The van der Waals surface area contributed by atoms with E-state index in [9.17, 15) is 22.0 Å². The topological polar surface area (TPSA) is 81.5 Å². The maximum absolute atomic E-state index is 14.0. The maximum atomic E-state index is 14.0. The predicted octanol–water partition coefficient (Wildman–Crippen LogP) is 2.49. The van der Waals surface area contributed by atoms with E-state index in [1.807, 2.05) is 0 Å². The number of halogens is 2. The van der Waals surface area contributed by atoms with Gasteiger partial charge in [0.15, 0.2) is 5.03 Å². The maximum Gasteiger partial charge on any atom is 0.344 e. The largest absolute Gasteiger partial charge is 0.384 e. The Balaban J connectivity index is 2.59. The third-order valence-corrected chi connectivity index (χ3v) is 5.68. The van der Waals surface area contributed by atoms with Gasteiger partial charge in [-0.2, -0.15) is 9.78 Å². The molecule has 0 aliphatic rings. The molecule has 10 heteroatoms. The van der Waals surface area contributed by atoms with Crippen LogP contribution in [0, 0.1) is 11.6 Å². The molecule has 1 heterocycles. The molecule has 0 spiro atoms. The van der Waals surface area contributed by atoms with Crippen molar-refractivity contribution in [2.45, 2.75) is 30.2 Å². The SMILES string of the molecule is CCN(CC)C(=O)n1nc(S(=O)(=O)c2c(F)cccc2F)cc1CCOC. The molecule has 0 radical (unpaired) electrons. The minimum absolute atomic E-state index is 0.200. The van der Waals surface area contributed by atoms with E-state index in [0.717, 1.165) is 28.9 Å². The van der Waals surface area contributed by atoms with Crippen molar-refractivity contribution >= 4 is 15.9 Å². The van der Waals surface area contributed by atoms with Crippen LogP contribution in [0.4, 0.5) is 13.6 Å². The van der Waals surface area contributed by atoms with Gasteiger partial charge in [0.05, 0.1) is 12.3 Å². The third kappa shape index (κ3) is 4.16. The van der Waals surface area contributed by atoms with E-state index >= 15 is 0 Å². The molecule has 0 bridgehead atoms. The lowest BCUT2D eigenvalue weighted by atomic mass is 10.3. The fourth-order valence-electron chi connectivity index (χ4n) is 2.55. The predicted molar refractivity (Wildman–Crippen MR) is 93.3 cm³/mol. The van der Waals surface area contributed by atoms with E-state index in [-0.39, 0.29) is 18.7 Å². The highest BCUT2D eigenvalue weighted by atomic mass is 32.2. The van der Waals surface area contributed by atoms with E-state index in [1.54, 1.807) is 13.8 Å². The van der Waals surface area contributed by atoms with Crippen LogP contribution in [-0.2, 0) is 21.0 Å². The molecule has 0 N–H and O–H groups in total. The second-order valence-electron chi connectivity index (χ2n) is 5.64. The van der Waals surface area contributed by atoms with E-state index in [2.05, 4.69) is 5.10 Å². The molecule has 1 aromatic carbocycles. The molecule has 0 fully saturated rings. The van der Waals surface area contributed by atoms with Gasteiger partial charge in [-0.05, 0) is 32.0 Å². The van der Waals surface area contributed by atoms with Crippen molar-refractivity contribution in [3.63, 3.8) is 0 Å².